The number of hydrogen-bond donors (Lipinski definition) is 0. The van der Waals surface area contributed by atoms with Gasteiger partial charge in [0.15, 0.2) is 0 Å². The molecular weight excluding hydrogens is 992 g/mol. The summed E-state index contributed by atoms with van der Waals surface area (Å²) in [5.41, 5.74) is 14.1. The Morgan fingerprint density at radius 1 is 0.284 bits per heavy atom. The van der Waals surface area contributed by atoms with Gasteiger partial charge in [-0.3, -0.25) is 9.97 Å². The Bertz CT molecular complexity index is 3560. The quantitative estimate of drug-likeness (QED) is 0.142. The summed E-state index contributed by atoms with van der Waals surface area (Å²) in [6, 6.07) is 93.1. The zero-order valence-corrected chi connectivity index (χ0v) is 38.6. The molecule has 0 radical (unpaired) electrons. The Kier molecular flexibility index (Phi) is 11.3. The standard InChI is InChI=1S/C64H40N2.Pt/c1-3-21-45(22-4-1)59-35-17-37-61(65-59)64(62-38-18-36-60(66-62)46-23-5-2-6-24-46)63(57-41-39-55(51-29-11-13-31-53(51)57)49-33-15-25-43-19-7-9-27-47(43)49)58-42-40-56(52-30-12-14-32-54(52)58)50-34-16-26-44-20-8-10-28-48(44)50;/h1-21,23,25-42H;/q-2;+2. The fourth-order valence-electron chi connectivity index (χ4n) is 9.78. The van der Waals surface area contributed by atoms with Gasteiger partial charge < -0.3 is 0 Å². The number of rotatable bonds is 8. The molecule has 316 valence electrons. The minimum Gasteiger partial charge on any atom is -0.296 e. The molecule has 10 aromatic carbocycles. The van der Waals surface area contributed by atoms with Crippen molar-refractivity contribution in [3.63, 3.8) is 0 Å². The molecular formula is C64H40N2Pt. The Hall–Kier alpha value is -8.03. The zero-order valence-electron chi connectivity index (χ0n) is 36.3. The van der Waals surface area contributed by atoms with E-state index >= 15 is 0 Å². The van der Waals surface area contributed by atoms with Crippen LogP contribution in [-0.2, 0) is 21.1 Å². The van der Waals surface area contributed by atoms with Crippen LogP contribution in [0.4, 0.5) is 0 Å². The van der Waals surface area contributed by atoms with Gasteiger partial charge >= 0.3 is 21.1 Å². The molecule has 12 aromatic rings. The van der Waals surface area contributed by atoms with Gasteiger partial charge in [0.05, 0.1) is 11.4 Å². The Labute approximate surface area is 404 Å². The van der Waals surface area contributed by atoms with E-state index in [1.165, 1.54) is 54.6 Å². The van der Waals surface area contributed by atoms with Gasteiger partial charge in [-0.15, -0.1) is 71.8 Å². The van der Waals surface area contributed by atoms with E-state index in [9.17, 15) is 0 Å². The fourth-order valence-corrected chi connectivity index (χ4v) is 9.78. The van der Waals surface area contributed by atoms with Crippen molar-refractivity contribution < 1.29 is 21.1 Å². The number of nitrogens with zero attached hydrogens (tertiary/aromatic N) is 2. The van der Waals surface area contributed by atoms with Crippen molar-refractivity contribution in [2.45, 2.75) is 0 Å². The molecule has 0 amide bonds. The maximum atomic E-state index is 5.52. The van der Waals surface area contributed by atoms with Gasteiger partial charge in [0.1, 0.15) is 0 Å². The topological polar surface area (TPSA) is 25.8 Å². The monoisotopic (exact) mass is 1030 g/mol. The van der Waals surface area contributed by atoms with Gasteiger partial charge in [-0.1, -0.05) is 182 Å². The summed E-state index contributed by atoms with van der Waals surface area (Å²) in [5.74, 6) is 0. The summed E-state index contributed by atoms with van der Waals surface area (Å²) < 4.78 is 0. The van der Waals surface area contributed by atoms with Crippen LogP contribution in [0.3, 0.4) is 0 Å². The van der Waals surface area contributed by atoms with Crippen molar-refractivity contribution in [3.05, 3.63) is 277 Å². The zero-order chi connectivity index (χ0) is 43.8. The summed E-state index contributed by atoms with van der Waals surface area (Å²) in [6.45, 7) is 0. The van der Waals surface area contributed by atoms with E-state index in [1.807, 2.05) is 36.4 Å². The van der Waals surface area contributed by atoms with Gasteiger partial charge in [0.25, 0.3) is 0 Å². The van der Waals surface area contributed by atoms with E-state index in [0.29, 0.717) is 0 Å². The van der Waals surface area contributed by atoms with E-state index in [1.54, 1.807) is 0 Å². The SMILES string of the molecule is [Pt+2].[c-]1ccccc1-c1cccc(C(=C(c2ccc(-c3cccc4ccccc34)c3ccccc23)c2ccc(-c3cccc4ccccc34)c3ccccc23)c2cccc(-c3[c-]cccc3)n2)n1. The number of fused-ring (bicyclic) bond motifs is 4. The van der Waals surface area contributed by atoms with Crippen LogP contribution in [0.25, 0.3) is 99.0 Å². The molecule has 0 aliphatic carbocycles. The molecule has 0 bridgehead atoms. The maximum absolute atomic E-state index is 5.52. The molecule has 0 spiro atoms. The van der Waals surface area contributed by atoms with Gasteiger partial charge in [-0.05, 0) is 100.0 Å². The molecule has 0 saturated heterocycles. The molecule has 0 unspecified atom stereocenters. The minimum absolute atomic E-state index is 0. The first-order chi connectivity index (χ1) is 32.8. The van der Waals surface area contributed by atoms with Gasteiger partial charge in [-0.25, -0.2) is 0 Å². The first-order valence-corrected chi connectivity index (χ1v) is 22.4. The number of aromatic nitrogens is 2. The predicted molar refractivity (Wildman–Crippen MR) is 276 cm³/mol. The van der Waals surface area contributed by atoms with Crippen LogP contribution in [0.1, 0.15) is 22.5 Å². The summed E-state index contributed by atoms with van der Waals surface area (Å²) in [5, 5.41) is 9.49. The molecule has 2 nitrogen and oxygen atoms in total. The second-order valence-electron chi connectivity index (χ2n) is 16.6. The van der Waals surface area contributed by atoms with Gasteiger partial charge in [0.2, 0.25) is 0 Å². The van der Waals surface area contributed by atoms with E-state index in [-0.39, 0.29) is 21.1 Å². The summed E-state index contributed by atoms with van der Waals surface area (Å²) in [4.78, 5) is 11.0. The smallest absolute Gasteiger partial charge is 0.296 e. The molecule has 2 heterocycles. The van der Waals surface area contributed by atoms with Crippen LogP contribution >= 0.6 is 0 Å². The second kappa shape index (κ2) is 18.1. The number of hydrogen-bond acceptors (Lipinski definition) is 2. The molecule has 0 saturated carbocycles. The third-order valence-corrected chi connectivity index (χ3v) is 12.8. The molecule has 0 fully saturated rings. The summed E-state index contributed by atoms with van der Waals surface area (Å²) in [7, 11) is 0. The molecule has 0 aliphatic heterocycles. The van der Waals surface area contributed by atoms with Crippen molar-refractivity contribution in [2.24, 2.45) is 0 Å². The van der Waals surface area contributed by atoms with Crippen LogP contribution in [0, 0.1) is 12.1 Å². The van der Waals surface area contributed by atoms with Crippen LogP contribution in [0.2, 0.25) is 0 Å². The molecule has 3 heteroatoms. The fraction of sp³-hybridized carbons (Fsp3) is 0. The van der Waals surface area contributed by atoms with Crippen molar-refractivity contribution in [3.8, 4) is 44.8 Å². The molecule has 67 heavy (non-hydrogen) atoms. The normalized spacial score (nSPS) is 11.2. The summed E-state index contributed by atoms with van der Waals surface area (Å²) >= 11 is 0. The average Bonchev–Trinajstić information content (AvgIpc) is 3.40. The second-order valence-corrected chi connectivity index (χ2v) is 16.6. The third kappa shape index (κ3) is 7.66. The molecule has 2 aromatic heterocycles. The molecule has 0 atom stereocenters. The van der Waals surface area contributed by atoms with E-state index in [2.05, 4.69) is 218 Å². The predicted octanol–water partition coefficient (Wildman–Crippen LogP) is 16.4. The first-order valence-electron chi connectivity index (χ1n) is 22.4. The van der Waals surface area contributed by atoms with Gasteiger partial charge in [-0.2, -0.15) is 0 Å². The molecule has 0 aliphatic rings. The third-order valence-electron chi connectivity index (χ3n) is 12.8. The Balaban J connectivity index is 0.00000494. The maximum Gasteiger partial charge on any atom is 2.00 e. The minimum atomic E-state index is 0. The Morgan fingerprint density at radius 2 is 0.657 bits per heavy atom. The first kappa shape index (κ1) is 41.7. The molecule has 12 rings (SSSR count). The molecule has 0 N–H and O–H groups in total. The van der Waals surface area contributed by atoms with Crippen molar-refractivity contribution >= 4 is 54.2 Å². The van der Waals surface area contributed by atoms with Crippen LogP contribution in [0.15, 0.2) is 243 Å². The largest absolute Gasteiger partial charge is 2.00 e. The van der Waals surface area contributed by atoms with Crippen LogP contribution in [0.5, 0.6) is 0 Å². The number of benzene rings is 10. The average molecular weight is 1030 g/mol. The van der Waals surface area contributed by atoms with E-state index in [0.717, 1.165) is 66.9 Å². The van der Waals surface area contributed by atoms with Crippen LogP contribution < -0.4 is 0 Å². The number of pyridine rings is 2. The van der Waals surface area contributed by atoms with E-state index < -0.39 is 0 Å². The summed E-state index contributed by atoms with van der Waals surface area (Å²) in [6.07, 6.45) is 0. The van der Waals surface area contributed by atoms with Gasteiger partial charge in [0, 0.05) is 11.1 Å². The van der Waals surface area contributed by atoms with Crippen molar-refractivity contribution in [2.75, 3.05) is 0 Å². The van der Waals surface area contributed by atoms with Crippen molar-refractivity contribution in [1.29, 1.82) is 0 Å². The van der Waals surface area contributed by atoms with Crippen molar-refractivity contribution in [1.82, 2.24) is 9.97 Å². The Morgan fingerprint density at radius 3 is 1.10 bits per heavy atom. The van der Waals surface area contributed by atoms with Crippen LogP contribution in [-0.4, -0.2) is 9.97 Å². The van der Waals surface area contributed by atoms with E-state index in [4.69, 9.17) is 9.97 Å².